The SMILES string of the molecule is O=C(C=Cc1ccc(F)cc1)NS(=O)(=O)c1ccccc1. The van der Waals surface area contributed by atoms with Crippen LogP contribution >= 0.6 is 0 Å². The number of benzene rings is 2. The molecule has 108 valence electrons. The Hall–Kier alpha value is -2.47. The van der Waals surface area contributed by atoms with Crippen LogP contribution in [0.25, 0.3) is 6.08 Å². The van der Waals surface area contributed by atoms with Crippen LogP contribution in [-0.2, 0) is 14.8 Å². The standard InChI is InChI=1S/C15H12FNO3S/c16-13-9-6-12(7-10-13)8-11-15(18)17-21(19,20)14-4-2-1-3-5-14/h1-11H,(H,17,18). The quantitative estimate of drug-likeness (QED) is 0.882. The van der Waals surface area contributed by atoms with Crippen molar-refractivity contribution in [2.24, 2.45) is 0 Å². The molecule has 0 aromatic heterocycles. The second kappa shape index (κ2) is 6.32. The Labute approximate surface area is 122 Å². The lowest BCUT2D eigenvalue weighted by atomic mass is 10.2. The maximum atomic E-state index is 12.7. The summed E-state index contributed by atoms with van der Waals surface area (Å²) in [4.78, 5) is 11.6. The lowest BCUT2D eigenvalue weighted by Crippen LogP contribution is -2.28. The van der Waals surface area contributed by atoms with Crippen molar-refractivity contribution < 1.29 is 17.6 Å². The molecule has 2 aromatic carbocycles. The molecule has 6 heteroatoms. The lowest BCUT2D eigenvalue weighted by Gasteiger charge is -2.04. The van der Waals surface area contributed by atoms with Crippen molar-refractivity contribution in [2.45, 2.75) is 4.90 Å². The predicted octanol–water partition coefficient (Wildman–Crippen LogP) is 2.34. The maximum absolute atomic E-state index is 12.7. The highest BCUT2D eigenvalue weighted by molar-refractivity contribution is 7.90. The fourth-order valence-corrected chi connectivity index (χ4v) is 2.54. The first-order chi connectivity index (χ1) is 9.97. The van der Waals surface area contributed by atoms with Crippen LogP contribution in [0.1, 0.15) is 5.56 Å². The van der Waals surface area contributed by atoms with Crippen LogP contribution in [0.3, 0.4) is 0 Å². The molecule has 0 aliphatic rings. The van der Waals surface area contributed by atoms with Gasteiger partial charge in [0.05, 0.1) is 4.90 Å². The van der Waals surface area contributed by atoms with Gasteiger partial charge in [0.15, 0.2) is 0 Å². The largest absolute Gasteiger partial charge is 0.269 e. The predicted molar refractivity (Wildman–Crippen MR) is 77.2 cm³/mol. The van der Waals surface area contributed by atoms with E-state index in [0.717, 1.165) is 6.08 Å². The van der Waals surface area contributed by atoms with Gasteiger partial charge >= 0.3 is 0 Å². The van der Waals surface area contributed by atoms with Crippen LogP contribution in [0, 0.1) is 5.82 Å². The van der Waals surface area contributed by atoms with E-state index in [1.54, 1.807) is 18.2 Å². The number of nitrogens with one attached hydrogen (secondary N) is 1. The Morgan fingerprint density at radius 2 is 1.62 bits per heavy atom. The summed E-state index contributed by atoms with van der Waals surface area (Å²) in [5.41, 5.74) is 0.587. The molecule has 0 bridgehead atoms. The Morgan fingerprint density at radius 3 is 2.24 bits per heavy atom. The molecular weight excluding hydrogens is 293 g/mol. The van der Waals surface area contributed by atoms with Crippen LogP contribution in [0.15, 0.2) is 65.6 Å². The van der Waals surface area contributed by atoms with Crippen LogP contribution in [0.4, 0.5) is 4.39 Å². The van der Waals surface area contributed by atoms with Crippen molar-refractivity contribution >= 4 is 22.0 Å². The van der Waals surface area contributed by atoms with E-state index >= 15 is 0 Å². The molecule has 2 rings (SSSR count). The Morgan fingerprint density at radius 1 is 1.00 bits per heavy atom. The number of rotatable bonds is 4. The van der Waals surface area contributed by atoms with E-state index in [-0.39, 0.29) is 10.7 Å². The lowest BCUT2D eigenvalue weighted by molar-refractivity contribution is -0.114. The molecule has 1 amide bonds. The number of hydrogen-bond donors (Lipinski definition) is 1. The third-order valence-corrected chi connectivity index (χ3v) is 3.95. The molecule has 0 aliphatic heterocycles. The smallest absolute Gasteiger partial charge is 0.264 e. The monoisotopic (exact) mass is 305 g/mol. The van der Waals surface area contributed by atoms with E-state index in [2.05, 4.69) is 0 Å². The zero-order valence-corrected chi connectivity index (χ0v) is 11.7. The van der Waals surface area contributed by atoms with Crippen molar-refractivity contribution in [1.29, 1.82) is 0 Å². The second-order valence-corrected chi connectivity index (χ2v) is 5.85. The fraction of sp³-hybridized carbons (Fsp3) is 0. The molecule has 0 radical (unpaired) electrons. The highest BCUT2D eigenvalue weighted by Gasteiger charge is 2.15. The van der Waals surface area contributed by atoms with Gasteiger partial charge in [0.2, 0.25) is 0 Å². The van der Waals surface area contributed by atoms with Crippen LogP contribution in [0.5, 0.6) is 0 Å². The summed E-state index contributed by atoms with van der Waals surface area (Å²) in [5, 5.41) is 0. The normalized spacial score (nSPS) is 11.5. The molecule has 1 N–H and O–H groups in total. The molecule has 0 fully saturated rings. The summed E-state index contributed by atoms with van der Waals surface area (Å²) >= 11 is 0. The van der Waals surface area contributed by atoms with E-state index in [0.29, 0.717) is 5.56 Å². The van der Waals surface area contributed by atoms with Crippen LogP contribution in [0.2, 0.25) is 0 Å². The first kappa shape index (κ1) is 14.9. The second-order valence-electron chi connectivity index (χ2n) is 4.17. The van der Waals surface area contributed by atoms with Crippen LogP contribution in [-0.4, -0.2) is 14.3 Å². The van der Waals surface area contributed by atoms with E-state index < -0.39 is 15.9 Å². The minimum absolute atomic E-state index is 0.00790. The number of hydrogen-bond acceptors (Lipinski definition) is 3. The third kappa shape index (κ3) is 4.25. The van der Waals surface area contributed by atoms with Crippen molar-refractivity contribution in [3.63, 3.8) is 0 Å². The van der Waals surface area contributed by atoms with Gasteiger partial charge in [0, 0.05) is 6.08 Å². The molecule has 0 heterocycles. The zero-order valence-electron chi connectivity index (χ0n) is 10.9. The number of amides is 1. The molecule has 0 saturated heterocycles. The first-order valence-corrected chi connectivity index (χ1v) is 7.51. The molecule has 2 aromatic rings. The summed E-state index contributed by atoms with van der Waals surface area (Å²) in [7, 11) is -3.88. The highest BCUT2D eigenvalue weighted by atomic mass is 32.2. The first-order valence-electron chi connectivity index (χ1n) is 6.03. The molecular formula is C15H12FNO3S. The Kier molecular flexibility index (Phi) is 4.49. The molecule has 21 heavy (non-hydrogen) atoms. The topological polar surface area (TPSA) is 63.2 Å². The van der Waals surface area contributed by atoms with Gasteiger partial charge in [-0.15, -0.1) is 0 Å². The Bertz CT molecular complexity index is 753. The van der Waals surface area contributed by atoms with E-state index in [1.807, 2.05) is 4.72 Å². The van der Waals surface area contributed by atoms with Crippen molar-refractivity contribution in [3.8, 4) is 0 Å². The number of carbonyl (C=O) groups is 1. The van der Waals surface area contributed by atoms with Crippen molar-refractivity contribution in [3.05, 3.63) is 72.1 Å². The number of halogens is 1. The van der Waals surface area contributed by atoms with Gasteiger partial charge in [-0.2, -0.15) is 0 Å². The van der Waals surface area contributed by atoms with E-state index in [4.69, 9.17) is 0 Å². The van der Waals surface area contributed by atoms with Crippen molar-refractivity contribution in [1.82, 2.24) is 4.72 Å². The summed E-state index contributed by atoms with van der Waals surface area (Å²) in [6.07, 6.45) is 2.48. The molecule has 0 unspecified atom stereocenters. The van der Waals surface area contributed by atoms with Gasteiger partial charge in [-0.1, -0.05) is 30.3 Å². The average molecular weight is 305 g/mol. The van der Waals surface area contributed by atoms with E-state index in [9.17, 15) is 17.6 Å². The Balaban J connectivity index is 2.06. The van der Waals surface area contributed by atoms with E-state index in [1.165, 1.54) is 42.5 Å². The summed E-state index contributed by atoms with van der Waals surface area (Å²) < 4.78 is 38.4. The maximum Gasteiger partial charge on any atom is 0.264 e. The van der Waals surface area contributed by atoms with Gasteiger partial charge in [-0.25, -0.2) is 17.5 Å². The van der Waals surface area contributed by atoms with Gasteiger partial charge in [0.1, 0.15) is 5.82 Å². The van der Waals surface area contributed by atoms with Gasteiger partial charge in [-0.05, 0) is 35.9 Å². The molecule has 0 atom stereocenters. The molecule has 4 nitrogen and oxygen atoms in total. The number of sulfonamides is 1. The third-order valence-electron chi connectivity index (χ3n) is 2.59. The molecule has 0 spiro atoms. The number of carbonyl (C=O) groups excluding carboxylic acids is 1. The highest BCUT2D eigenvalue weighted by Crippen LogP contribution is 2.08. The molecule has 0 aliphatic carbocycles. The fourth-order valence-electron chi connectivity index (χ4n) is 1.57. The van der Waals surface area contributed by atoms with Gasteiger partial charge < -0.3 is 0 Å². The summed E-state index contributed by atoms with van der Waals surface area (Å²) in [6.45, 7) is 0. The summed E-state index contributed by atoms with van der Waals surface area (Å²) in [5.74, 6) is -1.16. The molecule has 0 saturated carbocycles. The van der Waals surface area contributed by atoms with Gasteiger partial charge in [0.25, 0.3) is 15.9 Å². The summed E-state index contributed by atoms with van der Waals surface area (Å²) in [6, 6.07) is 13.0. The van der Waals surface area contributed by atoms with Crippen LogP contribution < -0.4 is 4.72 Å². The zero-order chi connectivity index (χ0) is 15.3. The van der Waals surface area contributed by atoms with Crippen molar-refractivity contribution in [2.75, 3.05) is 0 Å². The van der Waals surface area contributed by atoms with Gasteiger partial charge in [-0.3, -0.25) is 4.79 Å². The average Bonchev–Trinajstić information content (AvgIpc) is 2.47. The minimum atomic E-state index is -3.88. The minimum Gasteiger partial charge on any atom is -0.269 e.